The van der Waals surface area contributed by atoms with Crippen LogP contribution >= 0.6 is 0 Å². The number of nitrogens with one attached hydrogen (secondary N) is 3. The van der Waals surface area contributed by atoms with Crippen LogP contribution in [0.3, 0.4) is 0 Å². The molecule has 1 aliphatic heterocycles. The molecule has 2 aromatic rings. The van der Waals surface area contributed by atoms with Crippen LogP contribution in [0.25, 0.3) is 0 Å². The molecular formula is C25H32N4O3. The fourth-order valence-electron chi connectivity index (χ4n) is 3.65. The lowest BCUT2D eigenvalue weighted by Crippen LogP contribution is -2.35. The standard InChI is InChI=1S/C25H32N4O3/c1-2-3-13-26-24(31)19-9-7-12-22(16-19)28-23(30)18-27-21-11-8-10-20(17-21)25(32)29-14-5-4-6-15-29/h7-12,16-17,27H,2-6,13-15,18H2,1H3,(H,26,31)(H,28,30). The Kier molecular flexibility index (Phi) is 8.66. The molecule has 7 heteroatoms. The van der Waals surface area contributed by atoms with Crippen molar-refractivity contribution in [1.82, 2.24) is 10.2 Å². The van der Waals surface area contributed by atoms with Crippen LogP contribution in [-0.4, -0.2) is 48.8 Å². The summed E-state index contributed by atoms with van der Waals surface area (Å²) in [5.41, 5.74) is 2.41. The molecule has 0 spiro atoms. The fourth-order valence-corrected chi connectivity index (χ4v) is 3.65. The normalized spacial score (nSPS) is 13.3. The minimum absolute atomic E-state index is 0.0341. The first-order valence-corrected chi connectivity index (χ1v) is 11.4. The first-order valence-electron chi connectivity index (χ1n) is 11.4. The Bertz CT molecular complexity index is 938. The Morgan fingerprint density at radius 1 is 0.906 bits per heavy atom. The van der Waals surface area contributed by atoms with Crippen molar-refractivity contribution in [3.63, 3.8) is 0 Å². The second-order valence-corrected chi connectivity index (χ2v) is 8.03. The number of carbonyl (C=O) groups excluding carboxylic acids is 3. The molecule has 0 bridgehead atoms. The SMILES string of the molecule is CCCCNC(=O)c1cccc(NC(=O)CNc2cccc(C(=O)N3CCCCC3)c2)c1. The fraction of sp³-hybridized carbons (Fsp3) is 0.400. The third-order valence-corrected chi connectivity index (χ3v) is 5.43. The van der Waals surface area contributed by atoms with Crippen LogP contribution in [0.15, 0.2) is 48.5 Å². The average Bonchev–Trinajstić information content (AvgIpc) is 2.83. The topological polar surface area (TPSA) is 90.5 Å². The molecule has 0 aromatic heterocycles. The largest absolute Gasteiger partial charge is 0.376 e. The molecule has 3 amide bonds. The summed E-state index contributed by atoms with van der Waals surface area (Å²) in [6, 6.07) is 14.1. The van der Waals surface area contributed by atoms with Crippen LogP contribution in [0.1, 0.15) is 59.7 Å². The minimum Gasteiger partial charge on any atom is -0.376 e. The molecule has 0 radical (unpaired) electrons. The van der Waals surface area contributed by atoms with Gasteiger partial charge < -0.3 is 20.9 Å². The van der Waals surface area contributed by atoms with Crippen LogP contribution in [0, 0.1) is 0 Å². The second kappa shape index (κ2) is 11.9. The van der Waals surface area contributed by atoms with Gasteiger partial charge in [0.15, 0.2) is 0 Å². The number of anilines is 2. The lowest BCUT2D eigenvalue weighted by Gasteiger charge is -2.26. The number of amides is 3. The van der Waals surface area contributed by atoms with Crippen LogP contribution in [-0.2, 0) is 4.79 Å². The van der Waals surface area contributed by atoms with E-state index in [0.717, 1.165) is 38.8 Å². The Morgan fingerprint density at radius 2 is 1.59 bits per heavy atom. The average molecular weight is 437 g/mol. The maximum absolute atomic E-state index is 12.7. The van der Waals surface area contributed by atoms with E-state index in [4.69, 9.17) is 0 Å². The van der Waals surface area contributed by atoms with E-state index in [0.29, 0.717) is 29.0 Å². The first-order chi connectivity index (χ1) is 15.6. The Morgan fingerprint density at radius 3 is 2.34 bits per heavy atom. The molecule has 0 atom stereocenters. The highest BCUT2D eigenvalue weighted by Gasteiger charge is 2.18. The van der Waals surface area contributed by atoms with Gasteiger partial charge in [-0.05, 0) is 62.1 Å². The summed E-state index contributed by atoms with van der Waals surface area (Å²) in [4.78, 5) is 39.2. The summed E-state index contributed by atoms with van der Waals surface area (Å²) in [5, 5.41) is 8.75. The monoisotopic (exact) mass is 436 g/mol. The van der Waals surface area contributed by atoms with Crippen LogP contribution in [0.4, 0.5) is 11.4 Å². The quantitative estimate of drug-likeness (QED) is 0.520. The Labute approximate surface area is 189 Å². The number of piperidine rings is 1. The summed E-state index contributed by atoms with van der Waals surface area (Å²) >= 11 is 0. The second-order valence-electron chi connectivity index (χ2n) is 8.03. The van der Waals surface area contributed by atoms with Crippen molar-refractivity contribution in [2.75, 3.05) is 36.8 Å². The number of hydrogen-bond acceptors (Lipinski definition) is 4. The van der Waals surface area contributed by atoms with Crippen molar-refractivity contribution >= 4 is 29.1 Å². The number of hydrogen-bond donors (Lipinski definition) is 3. The molecule has 1 aliphatic rings. The van der Waals surface area contributed by atoms with Crippen molar-refractivity contribution in [1.29, 1.82) is 0 Å². The zero-order valence-corrected chi connectivity index (χ0v) is 18.7. The number of rotatable bonds is 9. The van der Waals surface area contributed by atoms with E-state index >= 15 is 0 Å². The van der Waals surface area contributed by atoms with E-state index < -0.39 is 0 Å². The molecule has 32 heavy (non-hydrogen) atoms. The number of likely N-dealkylation sites (tertiary alicyclic amines) is 1. The molecule has 0 aliphatic carbocycles. The summed E-state index contributed by atoms with van der Waals surface area (Å²) in [6.07, 6.45) is 5.21. The maximum atomic E-state index is 12.7. The Hall–Kier alpha value is -3.35. The molecule has 3 N–H and O–H groups in total. The molecule has 1 heterocycles. The Balaban J connectivity index is 1.52. The van der Waals surface area contributed by atoms with Crippen molar-refractivity contribution in [3.05, 3.63) is 59.7 Å². The van der Waals surface area contributed by atoms with E-state index in [1.807, 2.05) is 17.0 Å². The molecule has 170 valence electrons. The van der Waals surface area contributed by atoms with Crippen LogP contribution < -0.4 is 16.0 Å². The van der Waals surface area contributed by atoms with Gasteiger partial charge in [-0.3, -0.25) is 14.4 Å². The zero-order chi connectivity index (χ0) is 22.8. The first kappa shape index (κ1) is 23.3. The van der Waals surface area contributed by atoms with Gasteiger partial charge in [0.1, 0.15) is 0 Å². The van der Waals surface area contributed by atoms with Gasteiger partial charge in [-0.1, -0.05) is 25.5 Å². The predicted molar refractivity (Wildman–Crippen MR) is 127 cm³/mol. The lowest BCUT2D eigenvalue weighted by molar-refractivity contribution is -0.114. The van der Waals surface area contributed by atoms with Gasteiger partial charge in [-0.15, -0.1) is 0 Å². The third kappa shape index (κ3) is 6.83. The van der Waals surface area contributed by atoms with Crippen molar-refractivity contribution in [3.8, 4) is 0 Å². The van der Waals surface area contributed by atoms with Gasteiger partial charge in [-0.25, -0.2) is 0 Å². The molecule has 0 saturated carbocycles. The zero-order valence-electron chi connectivity index (χ0n) is 18.7. The summed E-state index contributed by atoms with van der Waals surface area (Å²) in [7, 11) is 0. The van der Waals surface area contributed by atoms with E-state index in [1.165, 1.54) is 6.42 Å². The van der Waals surface area contributed by atoms with E-state index in [-0.39, 0.29) is 24.3 Å². The lowest BCUT2D eigenvalue weighted by atomic mass is 10.1. The molecule has 2 aromatic carbocycles. The van der Waals surface area contributed by atoms with Gasteiger partial charge in [-0.2, -0.15) is 0 Å². The molecule has 0 unspecified atom stereocenters. The molecule has 7 nitrogen and oxygen atoms in total. The molecule has 3 rings (SSSR count). The number of benzene rings is 2. The van der Waals surface area contributed by atoms with Gasteiger partial charge >= 0.3 is 0 Å². The predicted octanol–water partition coefficient (Wildman–Crippen LogP) is 3.89. The summed E-state index contributed by atoms with van der Waals surface area (Å²) < 4.78 is 0. The van der Waals surface area contributed by atoms with Crippen molar-refractivity contribution < 1.29 is 14.4 Å². The van der Waals surface area contributed by atoms with Gasteiger partial charge in [0.05, 0.1) is 6.54 Å². The highest BCUT2D eigenvalue weighted by Crippen LogP contribution is 2.16. The molecule has 1 fully saturated rings. The smallest absolute Gasteiger partial charge is 0.253 e. The van der Waals surface area contributed by atoms with Crippen molar-refractivity contribution in [2.45, 2.75) is 39.0 Å². The van der Waals surface area contributed by atoms with E-state index in [2.05, 4.69) is 22.9 Å². The number of carbonyl (C=O) groups is 3. The molecule has 1 saturated heterocycles. The van der Waals surface area contributed by atoms with Gasteiger partial charge in [0.2, 0.25) is 5.91 Å². The van der Waals surface area contributed by atoms with E-state index in [1.54, 1.807) is 36.4 Å². The molecular weight excluding hydrogens is 404 g/mol. The van der Waals surface area contributed by atoms with Crippen LogP contribution in [0.2, 0.25) is 0 Å². The van der Waals surface area contributed by atoms with Gasteiger partial charge in [0.25, 0.3) is 11.8 Å². The van der Waals surface area contributed by atoms with Crippen molar-refractivity contribution in [2.24, 2.45) is 0 Å². The summed E-state index contributed by atoms with van der Waals surface area (Å²) in [6.45, 7) is 4.35. The minimum atomic E-state index is -0.235. The van der Waals surface area contributed by atoms with Gasteiger partial charge in [0, 0.05) is 42.1 Å². The maximum Gasteiger partial charge on any atom is 0.253 e. The summed E-state index contributed by atoms with van der Waals surface area (Å²) in [5.74, 6) is -0.351. The number of unbranched alkanes of at least 4 members (excludes halogenated alkanes) is 1. The third-order valence-electron chi connectivity index (χ3n) is 5.43. The number of nitrogens with zero attached hydrogens (tertiary/aromatic N) is 1. The van der Waals surface area contributed by atoms with Crippen LogP contribution in [0.5, 0.6) is 0 Å². The highest BCUT2D eigenvalue weighted by atomic mass is 16.2. The van der Waals surface area contributed by atoms with E-state index in [9.17, 15) is 14.4 Å². The highest BCUT2D eigenvalue weighted by molar-refractivity contribution is 5.98.